The molecule has 0 spiro atoms. The molecule has 1 aromatic heterocycles. The van der Waals surface area contributed by atoms with Gasteiger partial charge in [-0.15, -0.1) is 0 Å². The fourth-order valence-electron chi connectivity index (χ4n) is 3.07. The zero-order valence-corrected chi connectivity index (χ0v) is 18.5. The molecule has 2 aromatic carbocycles. The lowest BCUT2D eigenvalue weighted by atomic mass is 10.1. The number of likely N-dealkylation sites (N-methyl/N-ethyl adjacent to an activating group) is 1. The standard InChI is InChI=1S/C24H24N4O3S/c1-27(28(18-25)15-21-12-13-32-17-21)23(29)22(14-19-8-4-2-5-9-19)26-24(30)31-16-20-10-6-3-7-11-20/h2-13,17,22H,14-16H2,1H3,(H,26,30)/t22-/m0/s1. The van der Waals surface area contributed by atoms with Crippen molar-refractivity contribution in [3.8, 4) is 6.19 Å². The van der Waals surface area contributed by atoms with E-state index in [4.69, 9.17) is 4.74 Å². The predicted octanol–water partition coefficient (Wildman–Crippen LogP) is 3.94. The van der Waals surface area contributed by atoms with Crippen LogP contribution in [0.5, 0.6) is 0 Å². The van der Waals surface area contributed by atoms with Crippen molar-refractivity contribution >= 4 is 23.3 Å². The van der Waals surface area contributed by atoms with E-state index in [9.17, 15) is 14.9 Å². The van der Waals surface area contributed by atoms with Crippen molar-refractivity contribution < 1.29 is 14.3 Å². The first-order valence-electron chi connectivity index (χ1n) is 10.0. The predicted molar refractivity (Wildman–Crippen MR) is 122 cm³/mol. The number of hydrogen-bond acceptors (Lipinski definition) is 6. The molecule has 3 aromatic rings. The minimum atomic E-state index is -0.899. The highest BCUT2D eigenvalue weighted by Gasteiger charge is 2.28. The van der Waals surface area contributed by atoms with Crippen molar-refractivity contribution in [2.24, 2.45) is 0 Å². The summed E-state index contributed by atoms with van der Waals surface area (Å²) in [5, 5.41) is 18.6. The molecule has 2 amide bonds. The van der Waals surface area contributed by atoms with E-state index in [1.54, 1.807) is 0 Å². The van der Waals surface area contributed by atoms with Crippen molar-refractivity contribution in [1.29, 1.82) is 5.26 Å². The molecule has 7 nitrogen and oxygen atoms in total. The minimum absolute atomic E-state index is 0.0945. The average molecular weight is 449 g/mol. The minimum Gasteiger partial charge on any atom is -0.445 e. The quantitative estimate of drug-likeness (QED) is 0.304. The number of ether oxygens (including phenoxy) is 1. The Morgan fingerprint density at radius 2 is 1.69 bits per heavy atom. The Bertz CT molecular complexity index is 1040. The van der Waals surface area contributed by atoms with Gasteiger partial charge in [0.2, 0.25) is 0 Å². The maximum atomic E-state index is 13.3. The molecule has 0 fully saturated rings. The van der Waals surface area contributed by atoms with Crippen molar-refractivity contribution in [1.82, 2.24) is 15.3 Å². The number of benzene rings is 2. The van der Waals surface area contributed by atoms with Gasteiger partial charge in [0.25, 0.3) is 5.91 Å². The van der Waals surface area contributed by atoms with Crippen LogP contribution in [0.4, 0.5) is 4.79 Å². The van der Waals surface area contributed by atoms with Crippen molar-refractivity contribution in [2.45, 2.75) is 25.6 Å². The first-order chi connectivity index (χ1) is 15.6. The van der Waals surface area contributed by atoms with Crippen LogP contribution >= 0.6 is 11.3 Å². The van der Waals surface area contributed by atoms with E-state index in [-0.39, 0.29) is 19.6 Å². The Morgan fingerprint density at radius 3 is 2.28 bits per heavy atom. The Balaban J connectivity index is 1.69. The molecule has 8 heteroatoms. The summed E-state index contributed by atoms with van der Waals surface area (Å²) in [7, 11) is 1.52. The number of carbonyl (C=O) groups is 2. The molecule has 164 valence electrons. The van der Waals surface area contributed by atoms with Crippen LogP contribution < -0.4 is 5.32 Å². The Kier molecular flexibility index (Phi) is 8.23. The summed E-state index contributed by atoms with van der Waals surface area (Å²) in [5.74, 6) is -0.415. The number of carbonyl (C=O) groups excluding carboxylic acids is 2. The van der Waals surface area contributed by atoms with E-state index in [1.807, 2.05) is 83.7 Å². The Morgan fingerprint density at radius 1 is 1.03 bits per heavy atom. The maximum absolute atomic E-state index is 13.3. The zero-order valence-electron chi connectivity index (χ0n) is 17.7. The van der Waals surface area contributed by atoms with E-state index in [0.717, 1.165) is 16.7 Å². The summed E-state index contributed by atoms with van der Waals surface area (Å²) in [6.45, 7) is 0.357. The van der Waals surface area contributed by atoms with Gasteiger partial charge in [-0.25, -0.2) is 14.8 Å². The lowest BCUT2D eigenvalue weighted by Crippen LogP contribution is -2.52. The second kappa shape index (κ2) is 11.5. The average Bonchev–Trinajstić information content (AvgIpc) is 3.34. The Labute approximate surface area is 191 Å². The van der Waals surface area contributed by atoms with Crippen LogP contribution in [-0.4, -0.2) is 35.1 Å². The lowest BCUT2D eigenvalue weighted by Gasteiger charge is -2.30. The number of hydrazine groups is 1. The smallest absolute Gasteiger partial charge is 0.408 e. The Hall–Kier alpha value is -3.83. The lowest BCUT2D eigenvalue weighted by molar-refractivity contribution is -0.143. The zero-order chi connectivity index (χ0) is 22.8. The van der Waals surface area contributed by atoms with E-state index < -0.39 is 18.0 Å². The van der Waals surface area contributed by atoms with Gasteiger partial charge in [-0.05, 0) is 33.5 Å². The van der Waals surface area contributed by atoms with Gasteiger partial charge >= 0.3 is 6.09 Å². The number of thiophene rings is 1. The van der Waals surface area contributed by atoms with E-state index in [2.05, 4.69) is 5.32 Å². The summed E-state index contributed by atoms with van der Waals surface area (Å²) < 4.78 is 5.30. The number of nitrogens with zero attached hydrogens (tertiary/aromatic N) is 3. The molecule has 0 aliphatic rings. The SMILES string of the molecule is CN(C(=O)[C@H](Cc1ccccc1)NC(=O)OCc1ccccc1)N(C#N)Cc1ccsc1. The van der Waals surface area contributed by atoms with Gasteiger partial charge < -0.3 is 10.1 Å². The van der Waals surface area contributed by atoms with Crippen LogP contribution in [0.3, 0.4) is 0 Å². The molecule has 0 saturated carbocycles. The van der Waals surface area contributed by atoms with Gasteiger partial charge in [0, 0.05) is 13.5 Å². The number of alkyl carbamates (subject to hydrolysis) is 1. The highest BCUT2D eigenvalue weighted by molar-refractivity contribution is 7.07. The molecular weight excluding hydrogens is 424 g/mol. The molecule has 1 atom stereocenters. The fourth-order valence-corrected chi connectivity index (χ4v) is 3.73. The van der Waals surface area contributed by atoms with Crippen molar-refractivity contribution in [2.75, 3.05) is 7.05 Å². The largest absolute Gasteiger partial charge is 0.445 e. The van der Waals surface area contributed by atoms with Crippen molar-refractivity contribution in [3.05, 3.63) is 94.2 Å². The number of rotatable bonds is 9. The maximum Gasteiger partial charge on any atom is 0.408 e. The van der Waals surface area contributed by atoms with Gasteiger partial charge in [-0.3, -0.25) is 4.79 Å². The van der Waals surface area contributed by atoms with Crippen LogP contribution in [0.15, 0.2) is 77.5 Å². The van der Waals surface area contributed by atoms with Crippen LogP contribution in [0.1, 0.15) is 16.7 Å². The molecule has 0 unspecified atom stereocenters. The summed E-state index contributed by atoms with van der Waals surface area (Å²) in [6.07, 6.45) is 1.61. The third-order valence-electron chi connectivity index (χ3n) is 4.79. The first kappa shape index (κ1) is 22.8. The molecular formula is C24H24N4O3S. The van der Waals surface area contributed by atoms with Crippen LogP contribution in [0.25, 0.3) is 0 Å². The number of nitriles is 1. The molecule has 0 saturated heterocycles. The van der Waals surface area contributed by atoms with E-state index in [0.29, 0.717) is 0 Å². The number of amides is 2. The molecule has 32 heavy (non-hydrogen) atoms. The molecule has 0 radical (unpaired) electrons. The third kappa shape index (κ3) is 6.59. The van der Waals surface area contributed by atoms with Gasteiger partial charge in [-0.2, -0.15) is 16.6 Å². The van der Waals surface area contributed by atoms with Crippen LogP contribution in [0, 0.1) is 11.5 Å². The summed E-state index contributed by atoms with van der Waals surface area (Å²) in [6, 6.07) is 19.7. The third-order valence-corrected chi connectivity index (χ3v) is 5.53. The first-order valence-corrected chi connectivity index (χ1v) is 11.0. The topological polar surface area (TPSA) is 85.7 Å². The summed E-state index contributed by atoms with van der Waals surface area (Å²) in [4.78, 5) is 25.7. The summed E-state index contributed by atoms with van der Waals surface area (Å²) >= 11 is 1.52. The molecule has 0 aliphatic carbocycles. The van der Waals surface area contributed by atoms with E-state index in [1.165, 1.54) is 28.4 Å². The van der Waals surface area contributed by atoms with Gasteiger partial charge in [0.05, 0.1) is 6.54 Å². The second-order valence-corrected chi connectivity index (χ2v) is 7.88. The highest BCUT2D eigenvalue weighted by atomic mass is 32.1. The molecule has 1 N–H and O–H groups in total. The molecule has 1 heterocycles. The molecule has 0 aliphatic heterocycles. The fraction of sp³-hybridized carbons (Fsp3) is 0.208. The second-order valence-electron chi connectivity index (χ2n) is 7.10. The molecule has 3 rings (SSSR count). The van der Waals surface area contributed by atoms with Crippen LogP contribution in [0.2, 0.25) is 0 Å². The number of hydrogen-bond donors (Lipinski definition) is 1. The van der Waals surface area contributed by atoms with E-state index >= 15 is 0 Å². The monoisotopic (exact) mass is 448 g/mol. The number of nitrogens with one attached hydrogen (secondary N) is 1. The molecule has 0 bridgehead atoms. The van der Waals surface area contributed by atoms with Gasteiger partial charge in [0.15, 0.2) is 6.19 Å². The summed E-state index contributed by atoms with van der Waals surface area (Å²) in [5.41, 5.74) is 2.65. The van der Waals surface area contributed by atoms with Crippen molar-refractivity contribution in [3.63, 3.8) is 0 Å². The van der Waals surface area contributed by atoms with Gasteiger partial charge in [-0.1, -0.05) is 60.7 Å². The highest BCUT2D eigenvalue weighted by Crippen LogP contribution is 2.13. The van der Waals surface area contributed by atoms with Gasteiger partial charge in [0.1, 0.15) is 12.6 Å². The normalized spacial score (nSPS) is 11.1. The van der Waals surface area contributed by atoms with Crippen LogP contribution in [-0.2, 0) is 29.1 Å².